The summed E-state index contributed by atoms with van der Waals surface area (Å²) in [5.41, 5.74) is 3.44. The molecule has 3 aromatic rings. The SMILES string of the molecule is CCCc1ncc(-c2ccncc2)c(C2CCCCN2C(=O)c2ccc(OC)nc2)n1. The molecule has 1 amide bonds. The lowest BCUT2D eigenvalue weighted by molar-refractivity contribution is 0.0606. The lowest BCUT2D eigenvalue weighted by atomic mass is 9.93. The Bertz CT molecular complexity index is 1020. The van der Waals surface area contributed by atoms with Crippen LogP contribution >= 0.6 is 0 Å². The molecule has 0 bridgehead atoms. The van der Waals surface area contributed by atoms with E-state index in [2.05, 4.69) is 21.9 Å². The minimum atomic E-state index is -0.106. The van der Waals surface area contributed by atoms with E-state index >= 15 is 0 Å². The van der Waals surface area contributed by atoms with Crippen molar-refractivity contribution < 1.29 is 9.53 Å². The third kappa shape index (κ3) is 4.55. The number of hydrogen-bond acceptors (Lipinski definition) is 6. The van der Waals surface area contributed by atoms with Crippen LogP contribution in [-0.2, 0) is 6.42 Å². The van der Waals surface area contributed by atoms with Gasteiger partial charge in [-0.25, -0.2) is 15.0 Å². The van der Waals surface area contributed by atoms with Gasteiger partial charge in [-0.3, -0.25) is 9.78 Å². The van der Waals surface area contributed by atoms with Crippen LogP contribution in [0.1, 0.15) is 60.5 Å². The van der Waals surface area contributed by atoms with Crippen molar-refractivity contribution >= 4 is 5.91 Å². The maximum absolute atomic E-state index is 13.4. The summed E-state index contributed by atoms with van der Waals surface area (Å²) < 4.78 is 5.13. The molecule has 1 saturated heterocycles. The van der Waals surface area contributed by atoms with Gasteiger partial charge in [0, 0.05) is 49.4 Å². The van der Waals surface area contributed by atoms with E-state index in [1.165, 1.54) is 0 Å². The standard InChI is InChI=1S/C24H27N5O2/c1-3-6-21-26-16-19(17-10-12-25-13-11-17)23(28-21)20-7-4-5-14-29(20)24(30)18-8-9-22(31-2)27-15-18/h8-13,15-16,20H,3-7,14H2,1-2H3. The van der Waals surface area contributed by atoms with Crippen LogP contribution < -0.4 is 4.74 Å². The van der Waals surface area contributed by atoms with Crippen molar-refractivity contribution in [1.82, 2.24) is 24.8 Å². The summed E-state index contributed by atoms with van der Waals surface area (Å²) in [5.74, 6) is 1.28. The molecule has 1 atom stereocenters. The zero-order valence-electron chi connectivity index (χ0n) is 18.0. The summed E-state index contributed by atoms with van der Waals surface area (Å²) in [4.78, 5) is 33.3. The van der Waals surface area contributed by atoms with Crippen molar-refractivity contribution in [3.63, 3.8) is 0 Å². The smallest absolute Gasteiger partial charge is 0.255 e. The van der Waals surface area contributed by atoms with Gasteiger partial charge in [0.25, 0.3) is 5.91 Å². The molecule has 1 aliphatic rings. The molecule has 4 heterocycles. The van der Waals surface area contributed by atoms with Gasteiger partial charge in [0.2, 0.25) is 5.88 Å². The fourth-order valence-corrected chi connectivity index (χ4v) is 4.04. The highest BCUT2D eigenvalue weighted by Gasteiger charge is 2.32. The predicted octanol–water partition coefficient (Wildman–Crippen LogP) is 4.26. The van der Waals surface area contributed by atoms with Crippen LogP contribution in [0.25, 0.3) is 11.1 Å². The number of aryl methyl sites for hydroxylation is 1. The molecule has 3 aromatic heterocycles. The zero-order chi connectivity index (χ0) is 21.6. The summed E-state index contributed by atoms with van der Waals surface area (Å²) >= 11 is 0. The maximum Gasteiger partial charge on any atom is 0.255 e. The number of hydrogen-bond donors (Lipinski definition) is 0. The van der Waals surface area contributed by atoms with Crippen LogP contribution in [0.5, 0.6) is 5.88 Å². The second-order valence-electron chi connectivity index (χ2n) is 7.67. The number of amides is 1. The largest absolute Gasteiger partial charge is 0.481 e. The Labute approximate surface area is 182 Å². The van der Waals surface area contributed by atoms with E-state index < -0.39 is 0 Å². The van der Waals surface area contributed by atoms with E-state index in [1.54, 1.807) is 37.8 Å². The van der Waals surface area contributed by atoms with Crippen LogP contribution in [-0.4, -0.2) is 44.4 Å². The van der Waals surface area contributed by atoms with Crippen molar-refractivity contribution in [1.29, 1.82) is 0 Å². The van der Waals surface area contributed by atoms with Crippen molar-refractivity contribution in [3.8, 4) is 17.0 Å². The molecule has 1 unspecified atom stereocenters. The number of carbonyl (C=O) groups is 1. The lowest BCUT2D eigenvalue weighted by Crippen LogP contribution is -2.39. The summed E-state index contributed by atoms with van der Waals surface area (Å²) in [7, 11) is 1.56. The van der Waals surface area contributed by atoms with Gasteiger partial charge in [-0.15, -0.1) is 0 Å². The van der Waals surface area contributed by atoms with Gasteiger partial charge in [-0.1, -0.05) is 6.92 Å². The highest BCUT2D eigenvalue weighted by atomic mass is 16.5. The van der Waals surface area contributed by atoms with Gasteiger partial charge >= 0.3 is 0 Å². The number of likely N-dealkylation sites (tertiary alicyclic amines) is 1. The Hall–Kier alpha value is -3.35. The summed E-state index contributed by atoms with van der Waals surface area (Å²) in [5, 5.41) is 0. The molecule has 0 spiro atoms. The number of pyridine rings is 2. The number of methoxy groups -OCH3 is 1. The molecule has 0 radical (unpaired) electrons. The summed E-state index contributed by atoms with van der Waals surface area (Å²) in [6, 6.07) is 7.31. The van der Waals surface area contributed by atoms with Gasteiger partial charge in [0.15, 0.2) is 0 Å². The second kappa shape index (κ2) is 9.64. The summed E-state index contributed by atoms with van der Waals surface area (Å²) in [6.45, 7) is 2.81. The van der Waals surface area contributed by atoms with Crippen LogP contribution in [0.2, 0.25) is 0 Å². The van der Waals surface area contributed by atoms with Gasteiger partial charge in [-0.05, 0) is 49.4 Å². The highest BCUT2D eigenvalue weighted by molar-refractivity contribution is 5.94. The molecular formula is C24H27N5O2. The van der Waals surface area contributed by atoms with E-state index in [-0.39, 0.29) is 11.9 Å². The summed E-state index contributed by atoms with van der Waals surface area (Å²) in [6.07, 6.45) is 11.7. The molecule has 0 aromatic carbocycles. The molecule has 4 rings (SSSR count). The molecule has 0 aliphatic carbocycles. The molecule has 0 N–H and O–H groups in total. The average Bonchev–Trinajstić information content (AvgIpc) is 2.84. The Kier molecular flexibility index (Phi) is 6.50. The fourth-order valence-electron chi connectivity index (χ4n) is 4.04. The Morgan fingerprint density at radius 2 is 1.97 bits per heavy atom. The first-order chi connectivity index (χ1) is 15.2. The predicted molar refractivity (Wildman–Crippen MR) is 118 cm³/mol. The van der Waals surface area contributed by atoms with E-state index in [4.69, 9.17) is 9.72 Å². The van der Waals surface area contributed by atoms with Gasteiger partial charge < -0.3 is 9.64 Å². The quantitative estimate of drug-likeness (QED) is 0.596. The second-order valence-corrected chi connectivity index (χ2v) is 7.67. The first-order valence-electron chi connectivity index (χ1n) is 10.8. The topological polar surface area (TPSA) is 81.1 Å². The Morgan fingerprint density at radius 1 is 1.13 bits per heavy atom. The van der Waals surface area contributed by atoms with Gasteiger partial charge in [0.1, 0.15) is 5.82 Å². The molecule has 31 heavy (non-hydrogen) atoms. The maximum atomic E-state index is 13.4. The number of rotatable bonds is 6. The third-order valence-electron chi connectivity index (χ3n) is 5.60. The third-order valence-corrected chi connectivity index (χ3v) is 5.60. The molecule has 1 fully saturated rings. The van der Waals surface area contributed by atoms with Crippen molar-refractivity contribution in [2.24, 2.45) is 0 Å². The van der Waals surface area contributed by atoms with E-state index in [1.807, 2.05) is 23.2 Å². The normalized spacial score (nSPS) is 16.2. The van der Waals surface area contributed by atoms with Crippen molar-refractivity contribution in [3.05, 3.63) is 66.1 Å². The van der Waals surface area contributed by atoms with Crippen LogP contribution in [0.15, 0.2) is 49.1 Å². The molecular weight excluding hydrogens is 390 g/mol. The molecule has 7 heteroatoms. The number of carbonyl (C=O) groups excluding carboxylic acids is 1. The van der Waals surface area contributed by atoms with Crippen LogP contribution in [0, 0.1) is 0 Å². The van der Waals surface area contributed by atoms with Crippen molar-refractivity contribution in [2.75, 3.05) is 13.7 Å². The molecule has 7 nitrogen and oxygen atoms in total. The number of aromatic nitrogens is 4. The fraction of sp³-hybridized carbons (Fsp3) is 0.375. The Morgan fingerprint density at radius 3 is 2.68 bits per heavy atom. The van der Waals surface area contributed by atoms with Gasteiger partial charge in [-0.2, -0.15) is 0 Å². The molecule has 160 valence electrons. The van der Waals surface area contributed by atoms with E-state index in [0.717, 1.165) is 54.7 Å². The monoisotopic (exact) mass is 417 g/mol. The first kappa shape index (κ1) is 20.9. The molecule has 1 aliphatic heterocycles. The molecule has 0 saturated carbocycles. The van der Waals surface area contributed by atoms with Crippen LogP contribution in [0.4, 0.5) is 0 Å². The van der Waals surface area contributed by atoms with E-state index in [9.17, 15) is 4.79 Å². The average molecular weight is 418 g/mol. The van der Waals surface area contributed by atoms with Gasteiger partial charge in [0.05, 0.1) is 24.4 Å². The first-order valence-corrected chi connectivity index (χ1v) is 10.8. The lowest BCUT2D eigenvalue weighted by Gasteiger charge is -2.36. The zero-order valence-corrected chi connectivity index (χ0v) is 18.0. The minimum Gasteiger partial charge on any atom is -0.481 e. The van der Waals surface area contributed by atoms with Crippen molar-refractivity contribution in [2.45, 2.75) is 45.1 Å². The highest BCUT2D eigenvalue weighted by Crippen LogP contribution is 2.36. The number of ether oxygens (including phenoxy) is 1. The number of nitrogens with zero attached hydrogens (tertiary/aromatic N) is 5. The minimum absolute atomic E-state index is 0.0313. The number of piperidine rings is 1. The Balaban J connectivity index is 1.74. The van der Waals surface area contributed by atoms with E-state index in [0.29, 0.717) is 18.0 Å². The van der Waals surface area contributed by atoms with Crippen LogP contribution in [0.3, 0.4) is 0 Å².